The number of halogens is 2. The molecule has 0 bridgehead atoms. The van der Waals surface area contributed by atoms with E-state index in [2.05, 4.69) is 30.7 Å². The predicted octanol–water partition coefficient (Wildman–Crippen LogP) is 5.99. The highest BCUT2D eigenvalue weighted by Crippen LogP contribution is 2.70. The number of benzene rings is 1. The molecule has 1 saturated carbocycles. The summed E-state index contributed by atoms with van der Waals surface area (Å²) in [6.07, 6.45) is 3.56. The van der Waals surface area contributed by atoms with Gasteiger partial charge in [-0.25, -0.2) is 4.98 Å². The molecule has 1 aliphatic carbocycles. The third-order valence-corrected chi connectivity index (χ3v) is 5.68. The lowest BCUT2D eigenvalue weighted by Gasteiger charge is -2.04. The molecule has 128 valence electrons. The molecule has 3 nitrogen and oxygen atoms in total. The number of aromatic nitrogens is 3. The standard InChI is InChI=1S/C20H19Cl2N3/c1-11-18(25-19(24-11)12-4-6-23-7-5-12)17-16(20(17,2)3)13-8-14(21)10-15(22)9-13/h4-10,16-17H,1-3H3,(H,24,25). The minimum Gasteiger partial charge on any atom is -0.342 e. The van der Waals surface area contributed by atoms with Gasteiger partial charge in [-0.2, -0.15) is 0 Å². The van der Waals surface area contributed by atoms with E-state index in [1.165, 1.54) is 5.56 Å². The highest BCUT2D eigenvalue weighted by Gasteiger charge is 2.60. The summed E-state index contributed by atoms with van der Waals surface area (Å²) in [7, 11) is 0. The second-order valence-corrected chi connectivity index (χ2v) is 8.18. The van der Waals surface area contributed by atoms with E-state index in [0.717, 1.165) is 22.8 Å². The topological polar surface area (TPSA) is 41.6 Å². The smallest absolute Gasteiger partial charge is 0.137 e. The molecular weight excluding hydrogens is 353 g/mol. The Bertz CT molecular complexity index is 911. The maximum Gasteiger partial charge on any atom is 0.137 e. The molecule has 25 heavy (non-hydrogen) atoms. The van der Waals surface area contributed by atoms with Crippen LogP contribution in [0.1, 0.15) is 42.6 Å². The summed E-state index contributed by atoms with van der Waals surface area (Å²) in [4.78, 5) is 12.4. The van der Waals surface area contributed by atoms with Crippen molar-refractivity contribution in [3.63, 3.8) is 0 Å². The van der Waals surface area contributed by atoms with Gasteiger partial charge in [0.15, 0.2) is 0 Å². The first kappa shape index (κ1) is 16.6. The average molecular weight is 372 g/mol. The molecule has 2 unspecified atom stereocenters. The van der Waals surface area contributed by atoms with Crippen LogP contribution in [-0.2, 0) is 0 Å². The number of H-pyrrole nitrogens is 1. The number of aromatic amines is 1. The number of hydrogen-bond acceptors (Lipinski definition) is 2. The number of nitrogens with one attached hydrogen (secondary N) is 1. The van der Waals surface area contributed by atoms with Crippen molar-refractivity contribution in [1.29, 1.82) is 0 Å². The van der Waals surface area contributed by atoms with Gasteiger partial charge >= 0.3 is 0 Å². The summed E-state index contributed by atoms with van der Waals surface area (Å²) in [5.41, 5.74) is 4.58. The maximum absolute atomic E-state index is 6.21. The lowest BCUT2D eigenvalue weighted by atomic mass is 10.0. The number of imidazole rings is 1. The third kappa shape index (κ3) is 2.86. The second-order valence-electron chi connectivity index (χ2n) is 7.31. The minimum atomic E-state index is 0.115. The Kier molecular flexibility index (Phi) is 3.89. The Balaban J connectivity index is 1.72. The highest BCUT2D eigenvalue weighted by molar-refractivity contribution is 6.34. The van der Waals surface area contributed by atoms with E-state index in [4.69, 9.17) is 28.2 Å². The summed E-state index contributed by atoms with van der Waals surface area (Å²) in [5, 5.41) is 1.36. The number of pyridine rings is 1. The van der Waals surface area contributed by atoms with Gasteiger partial charge in [-0.1, -0.05) is 37.0 Å². The van der Waals surface area contributed by atoms with Crippen LogP contribution in [0, 0.1) is 12.3 Å². The third-order valence-electron chi connectivity index (χ3n) is 5.24. The fourth-order valence-corrected chi connectivity index (χ4v) is 4.49. The Labute approximate surface area is 157 Å². The fourth-order valence-electron chi connectivity index (χ4n) is 3.95. The molecule has 2 aromatic heterocycles. The molecule has 1 N–H and O–H groups in total. The van der Waals surface area contributed by atoms with Crippen molar-refractivity contribution in [2.24, 2.45) is 5.41 Å². The quantitative estimate of drug-likeness (QED) is 0.613. The van der Waals surface area contributed by atoms with E-state index >= 15 is 0 Å². The zero-order valence-electron chi connectivity index (χ0n) is 14.3. The SMILES string of the molecule is Cc1[nH]c(-c2ccncc2)nc1C1C(c2cc(Cl)cc(Cl)c2)C1(C)C. The molecular formula is C20H19Cl2N3. The Hall–Kier alpha value is -1.84. The monoisotopic (exact) mass is 371 g/mol. The van der Waals surface area contributed by atoms with Crippen molar-refractivity contribution < 1.29 is 0 Å². The van der Waals surface area contributed by atoms with Crippen LogP contribution in [-0.4, -0.2) is 15.0 Å². The molecule has 1 fully saturated rings. The van der Waals surface area contributed by atoms with Gasteiger partial charge in [0.1, 0.15) is 5.82 Å². The van der Waals surface area contributed by atoms with Crippen molar-refractivity contribution in [3.05, 3.63) is 69.7 Å². The van der Waals surface area contributed by atoms with Crippen LogP contribution in [0.25, 0.3) is 11.4 Å². The molecule has 1 aliphatic rings. The first-order valence-corrected chi connectivity index (χ1v) is 9.06. The van der Waals surface area contributed by atoms with Crippen molar-refractivity contribution in [1.82, 2.24) is 15.0 Å². The lowest BCUT2D eigenvalue weighted by molar-refractivity contribution is 0.597. The van der Waals surface area contributed by atoms with Gasteiger partial charge in [0.25, 0.3) is 0 Å². The van der Waals surface area contributed by atoms with Gasteiger partial charge in [0.05, 0.1) is 5.69 Å². The van der Waals surface area contributed by atoms with Gasteiger partial charge in [-0.05, 0) is 54.2 Å². The molecule has 0 amide bonds. The van der Waals surface area contributed by atoms with Crippen LogP contribution < -0.4 is 0 Å². The normalized spacial score (nSPS) is 21.3. The van der Waals surface area contributed by atoms with E-state index in [1.807, 2.05) is 24.3 Å². The van der Waals surface area contributed by atoms with Gasteiger partial charge < -0.3 is 4.98 Å². The van der Waals surface area contributed by atoms with Crippen LogP contribution in [0.4, 0.5) is 0 Å². The Morgan fingerprint density at radius 2 is 1.64 bits per heavy atom. The molecule has 3 aromatic rings. The van der Waals surface area contributed by atoms with E-state index in [9.17, 15) is 0 Å². The first-order valence-electron chi connectivity index (χ1n) is 8.31. The second kappa shape index (κ2) is 5.86. The van der Waals surface area contributed by atoms with Crippen LogP contribution in [0.15, 0.2) is 42.7 Å². The molecule has 0 aliphatic heterocycles. The molecule has 0 spiro atoms. The molecule has 0 saturated heterocycles. The van der Waals surface area contributed by atoms with Crippen molar-refractivity contribution in [3.8, 4) is 11.4 Å². The Morgan fingerprint density at radius 3 is 2.28 bits per heavy atom. The zero-order valence-corrected chi connectivity index (χ0v) is 15.9. The predicted molar refractivity (Wildman–Crippen MR) is 102 cm³/mol. The molecule has 5 heteroatoms. The van der Waals surface area contributed by atoms with Gasteiger partial charge in [0.2, 0.25) is 0 Å². The van der Waals surface area contributed by atoms with Gasteiger partial charge in [-0.3, -0.25) is 4.98 Å². The molecule has 2 atom stereocenters. The number of rotatable bonds is 3. The van der Waals surface area contributed by atoms with E-state index in [1.54, 1.807) is 18.5 Å². The van der Waals surface area contributed by atoms with Crippen molar-refractivity contribution >= 4 is 23.2 Å². The lowest BCUT2D eigenvalue weighted by Crippen LogP contribution is -1.92. The highest BCUT2D eigenvalue weighted by atomic mass is 35.5. The summed E-state index contributed by atoms with van der Waals surface area (Å²) >= 11 is 12.4. The average Bonchev–Trinajstić information content (AvgIpc) is 2.92. The number of aryl methyl sites for hydroxylation is 1. The molecule has 2 heterocycles. The summed E-state index contributed by atoms with van der Waals surface area (Å²) in [6.45, 7) is 6.64. The maximum atomic E-state index is 6.21. The largest absolute Gasteiger partial charge is 0.342 e. The van der Waals surface area contributed by atoms with Crippen LogP contribution in [0.3, 0.4) is 0 Å². The van der Waals surface area contributed by atoms with Gasteiger partial charge in [0, 0.05) is 39.6 Å². The number of nitrogens with zero attached hydrogens (tertiary/aromatic N) is 2. The van der Waals surface area contributed by atoms with Crippen molar-refractivity contribution in [2.75, 3.05) is 0 Å². The zero-order chi connectivity index (χ0) is 17.8. The molecule has 1 aromatic carbocycles. The van der Waals surface area contributed by atoms with Crippen LogP contribution >= 0.6 is 23.2 Å². The Morgan fingerprint density at radius 1 is 1.00 bits per heavy atom. The summed E-state index contributed by atoms with van der Waals surface area (Å²) in [6, 6.07) is 9.75. The first-order chi connectivity index (χ1) is 11.9. The summed E-state index contributed by atoms with van der Waals surface area (Å²) in [5.74, 6) is 1.59. The van der Waals surface area contributed by atoms with E-state index < -0.39 is 0 Å². The fraction of sp³-hybridized carbons (Fsp3) is 0.300. The molecule has 0 radical (unpaired) electrons. The van der Waals surface area contributed by atoms with Crippen LogP contribution in [0.2, 0.25) is 10.0 Å². The van der Waals surface area contributed by atoms with Gasteiger partial charge in [-0.15, -0.1) is 0 Å². The van der Waals surface area contributed by atoms with E-state index in [-0.39, 0.29) is 5.41 Å². The minimum absolute atomic E-state index is 0.115. The molecule has 4 rings (SSSR count). The number of hydrogen-bond donors (Lipinski definition) is 1. The van der Waals surface area contributed by atoms with Crippen molar-refractivity contribution in [2.45, 2.75) is 32.6 Å². The van der Waals surface area contributed by atoms with E-state index in [0.29, 0.717) is 21.9 Å². The summed E-state index contributed by atoms with van der Waals surface area (Å²) < 4.78 is 0. The van der Waals surface area contributed by atoms with Crippen LogP contribution in [0.5, 0.6) is 0 Å².